The van der Waals surface area contributed by atoms with Gasteiger partial charge in [-0.1, -0.05) is 0 Å². The molecular formula is H3AsO4V. The first-order valence-corrected chi connectivity index (χ1v) is 4.07. The average Bonchev–Trinajstić information content (AvgIpc) is 0.722. The van der Waals surface area contributed by atoms with Crippen LogP contribution in [-0.2, 0) is 22.3 Å². The summed E-state index contributed by atoms with van der Waals surface area (Å²) in [5, 5.41) is 0. The molecule has 0 aliphatic carbocycles. The molecule has 0 saturated heterocycles. The predicted molar refractivity (Wildman–Crippen MR) is 13.1 cm³/mol. The van der Waals surface area contributed by atoms with E-state index in [1.54, 1.807) is 0 Å². The van der Waals surface area contributed by atoms with Crippen LogP contribution in [0.2, 0.25) is 0 Å². The molecule has 0 fully saturated rings. The van der Waals surface area contributed by atoms with E-state index >= 15 is 0 Å². The van der Waals surface area contributed by atoms with E-state index in [2.05, 4.69) is 0 Å². The SMILES string of the molecule is O=[As](O)(O)O.[V]. The second-order valence-corrected chi connectivity index (χ2v) is 2.67. The molecule has 0 bridgehead atoms. The fourth-order valence-corrected chi connectivity index (χ4v) is 0. The Kier molecular flexibility index (Phi) is 4.82. The normalized spacial score (nSPS) is 9.83. The summed E-state index contributed by atoms with van der Waals surface area (Å²) in [6, 6.07) is 0. The van der Waals surface area contributed by atoms with Crippen molar-refractivity contribution < 1.29 is 34.6 Å². The number of rotatable bonds is 0. The minimum Gasteiger partial charge on any atom is 0 e. The Bertz CT molecular complexity index is 53.7. The molecule has 6 heavy (non-hydrogen) atoms. The van der Waals surface area contributed by atoms with E-state index in [4.69, 9.17) is 16.0 Å². The molecular weight excluding hydrogens is 190 g/mol. The minimum absolute atomic E-state index is 0. The molecule has 0 aliphatic heterocycles. The molecule has 0 saturated carbocycles. The summed E-state index contributed by atoms with van der Waals surface area (Å²) >= 11 is -5.12. The standard InChI is InChI=1S/AsH3O4.V/c2-1(3,4)5;/h(H3,2,3,4,5);. The molecule has 0 atom stereocenters. The van der Waals surface area contributed by atoms with Gasteiger partial charge in [0.25, 0.3) is 0 Å². The Hall–Kier alpha value is 0.823. The first-order chi connectivity index (χ1) is 2.00. The van der Waals surface area contributed by atoms with E-state index in [1.165, 1.54) is 0 Å². The zero-order valence-corrected chi connectivity index (χ0v) is 5.92. The molecule has 37 valence electrons. The number of hydrogen-bond donors (Lipinski definition) is 3. The van der Waals surface area contributed by atoms with Crippen molar-refractivity contribution in [1.29, 1.82) is 0 Å². The second kappa shape index (κ2) is 2.91. The molecule has 0 amide bonds. The summed E-state index contributed by atoms with van der Waals surface area (Å²) in [6.45, 7) is 0. The van der Waals surface area contributed by atoms with Crippen LogP contribution in [0.3, 0.4) is 0 Å². The van der Waals surface area contributed by atoms with Crippen LogP contribution in [0.1, 0.15) is 0 Å². The maximum absolute atomic E-state index is 8.94. The largest absolute Gasteiger partial charge is 0 e. The maximum Gasteiger partial charge on any atom is 0 e. The third-order valence-corrected chi connectivity index (χ3v) is 0. The summed E-state index contributed by atoms with van der Waals surface area (Å²) in [4.78, 5) is 0. The van der Waals surface area contributed by atoms with E-state index in [1.807, 2.05) is 0 Å². The third kappa shape index (κ3) is 104. The fourth-order valence-electron chi connectivity index (χ4n) is 0. The van der Waals surface area contributed by atoms with E-state index in [-0.39, 0.29) is 18.6 Å². The van der Waals surface area contributed by atoms with E-state index < -0.39 is 14.5 Å². The molecule has 0 aromatic carbocycles. The molecule has 0 aromatic heterocycles. The van der Waals surface area contributed by atoms with E-state index in [9.17, 15) is 0 Å². The molecule has 3 N–H and O–H groups in total. The summed E-state index contributed by atoms with van der Waals surface area (Å²) in [6.07, 6.45) is 0. The van der Waals surface area contributed by atoms with Crippen molar-refractivity contribution in [3.8, 4) is 0 Å². The quantitative estimate of drug-likeness (QED) is 0.382. The van der Waals surface area contributed by atoms with Crippen molar-refractivity contribution in [2.45, 2.75) is 0 Å². The van der Waals surface area contributed by atoms with Gasteiger partial charge < -0.3 is 0 Å². The van der Waals surface area contributed by atoms with Gasteiger partial charge in [0.2, 0.25) is 0 Å². The Morgan fingerprint density at radius 2 is 1.17 bits per heavy atom. The molecule has 0 aliphatic rings. The molecule has 0 aromatic rings. The fraction of sp³-hybridized carbons (Fsp3) is 0. The van der Waals surface area contributed by atoms with Gasteiger partial charge in [0, 0.05) is 18.6 Å². The predicted octanol–water partition coefficient (Wildman–Crippen LogP) is -2.17. The van der Waals surface area contributed by atoms with Crippen molar-refractivity contribution in [2.24, 2.45) is 0 Å². The molecule has 0 spiro atoms. The monoisotopic (exact) mass is 193 g/mol. The molecule has 4 nitrogen and oxygen atoms in total. The Labute approximate surface area is 49.4 Å². The van der Waals surface area contributed by atoms with Gasteiger partial charge in [0.05, 0.1) is 0 Å². The van der Waals surface area contributed by atoms with Crippen LogP contribution >= 0.6 is 0 Å². The topological polar surface area (TPSA) is 77.8 Å². The van der Waals surface area contributed by atoms with Crippen molar-refractivity contribution in [2.75, 3.05) is 0 Å². The second-order valence-electron chi connectivity index (χ2n) is 0.513. The van der Waals surface area contributed by atoms with Gasteiger partial charge in [0.15, 0.2) is 0 Å². The van der Waals surface area contributed by atoms with Crippen LogP contribution in [-0.4, -0.2) is 26.8 Å². The summed E-state index contributed by atoms with van der Waals surface area (Å²) in [5.41, 5.74) is 0. The molecule has 0 heterocycles. The minimum atomic E-state index is -5.12. The zero-order valence-electron chi connectivity index (χ0n) is 2.64. The number of hydrogen-bond acceptors (Lipinski definition) is 1. The summed E-state index contributed by atoms with van der Waals surface area (Å²) in [7, 11) is 0. The van der Waals surface area contributed by atoms with Gasteiger partial charge >= 0.3 is 30.5 Å². The Balaban J connectivity index is 0. The first kappa shape index (κ1) is 9.95. The molecule has 0 rings (SSSR count). The van der Waals surface area contributed by atoms with Crippen LogP contribution in [0.5, 0.6) is 0 Å². The van der Waals surface area contributed by atoms with E-state index in [0.717, 1.165) is 0 Å². The first-order valence-electron chi connectivity index (χ1n) is 0.783. The van der Waals surface area contributed by atoms with Crippen LogP contribution in [0, 0.1) is 0 Å². The average molecular weight is 193 g/mol. The van der Waals surface area contributed by atoms with Crippen molar-refractivity contribution in [3.63, 3.8) is 0 Å². The van der Waals surface area contributed by atoms with Crippen LogP contribution in [0.25, 0.3) is 0 Å². The molecule has 6 heteroatoms. The van der Waals surface area contributed by atoms with Crippen molar-refractivity contribution in [3.05, 3.63) is 0 Å². The molecule has 1 radical (unpaired) electrons. The maximum atomic E-state index is 8.94. The summed E-state index contributed by atoms with van der Waals surface area (Å²) in [5.74, 6) is 0. The third-order valence-electron chi connectivity index (χ3n) is 0. The van der Waals surface area contributed by atoms with Gasteiger partial charge in [0.1, 0.15) is 0 Å². The summed E-state index contributed by atoms with van der Waals surface area (Å²) < 4.78 is 30.7. The molecule has 0 unspecified atom stereocenters. The van der Waals surface area contributed by atoms with Gasteiger partial charge in [-0.25, -0.2) is 0 Å². The van der Waals surface area contributed by atoms with Gasteiger partial charge in [-0.3, -0.25) is 0 Å². The zero-order chi connectivity index (χ0) is 4.50. The van der Waals surface area contributed by atoms with Gasteiger partial charge in [-0.2, -0.15) is 0 Å². The van der Waals surface area contributed by atoms with Crippen molar-refractivity contribution in [1.82, 2.24) is 0 Å². The van der Waals surface area contributed by atoms with Crippen LogP contribution < -0.4 is 0 Å². The van der Waals surface area contributed by atoms with Crippen LogP contribution in [0.15, 0.2) is 0 Å². The van der Waals surface area contributed by atoms with Gasteiger partial charge in [-0.05, 0) is 0 Å². The van der Waals surface area contributed by atoms with Crippen molar-refractivity contribution >= 4 is 14.5 Å². The van der Waals surface area contributed by atoms with E-state index in [0.29, 0.717) is 0 Å². The van der Waals surface area contributed by atoms with Crippen LogP contribution in [0.4, 0.5) is 0 Å². The van der Waals surface area contributed by atoms with Gasteiger partial charge in [-0.15, -0.1) is 0 Å². The Morgan fingerprint density at radius 3 is 1.17 bits per heavy atom. The smallest absolute Gasteiger partial charge is 0 e. The Morgan fingerprint density at radius 1 is 1.17 bits per heavy atom.